The normalized spacial score (nSPS) is 33.0. The number of carbonyl (C=O) groups is 3. The number of carbonyl (C=O) groups excluding carboxylic acids is 3. The third-order valence-electron chi connectivity index (χ3n) is 9.51. The van der Waals surface area contributed by atoms with Crippen LogP contribution < -0.4 is 15.4 Å². The van der Waals surface area contributed by atoms with Gasteiger partial charge in [-0.05, 0) is 56.4 Å². The first-order valence-electron chi connectivity index (χ1n) is 14.8. The van der Waals surface area contributed by atoms with Gasteiger partial charge in [0.15, 0.2) is 0 Å². The maximum Gasteiger partial charge on any atom is 0.246 e. The largest absolute Gasteiger partial charge is 0.494 e. The van der Waals surface area contributed by atoms with Crippen LogP contribution in [0.4, 0.5) is 5.69 Å². The fraction of sp³-hybridized carbons (Fsp3) is 0.700. The number of likely N-dealkylation sites (tertiary alicyclic amines) is 1. The number of hydrogen-bond acceptors (Lipinski definition) is 6. The molecular weight excluding hydrogens is 578 g/mol. The highest BCUT2D eigenvalue weighted by Crippen LogP contribution is 2.60. The Morgan fingerprint density at radius 1 is 1.18 bits per heavy atom. The van der Waals surface area contributed by atoms with Gasteiger partial charge in [0.25, 0.3) is 0 Å². The second-order valence-corrected chi connectivity index (χ2v) is 13.0. The molecule has 4 fully saturated rings. The number of amides is 3. The van der Waals surface area contributed by atoms with Crippen molar-refractivity contribution in [1.82, 2.24) is 10.2 Å². The molecule has 4 aliphatic rings. The molecule has 10 heteroatoms. The molecule has 0 radical (unpaired) electrons. The number of alkyl halides is 1. The van der Waals surface area contributed by atoms with Gasteiger partial charge in [-0.2, -0.15) is 0 Å². The molecule has 0 aromatic heterocycles. The van der Waals surface area contributed by atoms with Crippen molar-refractivity contribution in [3.8, 4) is 5.75 Å². The first-order valence-corrected chi connectivity index (χ1v) is 15.8. The number of fused-ring (bicyclic) bond motifs is 1. The molecule has 3 unspecified atom stereocenters. The molecular formula is C30H42BrN3O6. The average Bonchev–Trinajstić information content (AvgIpc) is 3.54. The molecule has 1 aliphatic carbocycles. The van der Waals surface area contributed by atoms with E-state index in [1.807, 2.05) is 20.8 Å². The minimum absolute atomic E-state index is 0.0396. The molecule has 5 rings (SSSR count). The summed E-state index contributed by atoms with van der Waals surface area (Å²) >= 11 is 3.73. The lowest BCUT2D eigenvalue weighted by molar-refractivity contribution is -0.146. The van der Waals surface area contributed by atoms with Crippen LogP contribution in [-0.2, 0) is 19.1 Å². The zero-order valence-corrected chi connectivity index (χ0v) is 25.2. The summed E-state index contributed by atoms with van der Waals surface area (Å²) in [6.45, 7) is 6.18. The van der Waals surface area contributed by atoms with Crippen molar-refractivity contribution in [2.24, 2.45) is 17.8 Å². The first-order chi connectivity index (χ1) is 19.2. The van der Waals surface area contributed by atoms with Crippen LogP contribution in [0.3, 0.4) is 0 Å². The first kappa shape index (κ1) is 29.3. The maximum absolute atomic E-state index is 14.3. The molecule has 40 heavy (non-hydrogen) atoms. The number of hydrogen-bond donors (Lipinski definition) is 3. The van der Waals surface area contributed by atoms with Crippen LogP contribution in [0, 0.1) is 17.8 Å². The van der Waals surface area contributed by atoms with E-state index in [2.05, 4.69) is 26.6 Å². The number of halogens is 1. The topological polar surface area (TPSA) is 117 Å². The standard InChI is InChI=1S/C30H42BrN3O6/c1-4-17(3)22(16-35)34-26(28(37)33-18-9-7-6-8-10-18)30-15-21(31)25(40-30)23(24(30)29(34)38)27(36)32-19-11-13-20(14-12-19)39-5-2/h11-14,17-18,21-26,35H,4-10,15-16H2,1-3H3,(H,32,36)(H,33,37)/t17-,21?,22-,23+,24-,25+,26?,30?/m0/s1. The summed E-state index contributed by atoms with van der Waals surface area (Å²) in [5.41, 5.74) is -0.547. The van der Waals surface area contributed by atoms with E-state index in [0.717, 1.165) is 38.5 Å². The van der Waals surface area contributed by atoms with Gasteiger partial charge < -0.3 is 30.1 Å². The molecule has 1 aromatic carbocycles. The maximum atomic E-state index is 14.3. The molecule has 3 saturated heterocycles. The van der Waals surface area contributed by atoms with Gasteiger partial charge in [0.1, 0.15) is 17.4 Å². The zero-order valence-electron chi connectivity index (χ0n) is 23.6. The van der Waals surface area contributed by atoms with Crippen molar-refractivity contribution < 1.29 is 29.0 Å². The van der Waals surface area contributed by atoms with Crippen LogP contribution in [0.2, 0.25) is 0 Å². The summed E-state index contributed by atoms with van der Waals surface area (Å²) in [6, 6.07) is 5.71. The highest BCUT2D eigenvalue weighted by molar-refractivity contribution is 9.09. The van der Waals surface area contributed by atoms with E-state index in [1.165, 1.54) is 0 Å². The quantitative estimate of drug-likeness (QED) is 0.344. The molecule has 8 atom stereocenters. The summed E-state index contributed by atoms with van der Waals surface area (Å²) in [7, 11) is 0. The summed E-state index contributed by atoms with van der Waals surface area (Å²) in [5, 5.41) is 16.7. The Balaban J connectivity index is 1.47. The van der Waals surface area contributed by atoms with Gasteiger partial charge >= 0.3 is 0 Å². The van der Waals surface area contributed by atoms with E-state index in [1.54, 1.807) is 29.2 Å². The lowest BCUT2D eigenvalue weighted by atomic mass is 9.70. The van der Waals surface area contributed by atoms with Crippen molar-refractivity contribution in [3.05, 3.63) is 24.3 Å². The monoisotopic (exact) mass is 619 g/mol. The Morgan fingerprint density at radius 2 is 1.88 bits per heavy atom. The Hall–Kier alpha value is -2.17. The van der Waals surface area contributed by atoms with Crippen molar-refractivity contribution in [2.75, 3.05) is 18.5 Å². The van der Waals surface area contributed by atoms with Crippen molar-refractivity contribution in [2.45, 2.75) is 100 Å². The number of nitrogens with one attached hydrogen (secondary N) is 2. The fourth-order valence-corrected chi connectivity index (χ4v) is 8.33. The van der Waals surface area contributed by atoms with Crippen molar-refractivity contribution >= 4 is 39.3 Å². The van der Waals surface area contributed by atoms with Gasteiger partial charge in [0.05, 0.1) is 37.2 Å². The van der Waals surface area contributed by atoms with Crippen LogP contribution in [0.1, 0.15) is 65.7 Å². The Morgan fingerprint density at radius 3 is 2.50 bits per heavy atom. The molecule has 9 nitrogen and oxygen atoms in total. The van der Waals surface area contributed by atoms with Crippen LogP contribution in [0.25, 0.3) is 0 Å². The smallest absolute Gasteiger partial charge is 0.246 e. The molecule has 2 bridgehead atoms. The number of anilines is 1. The van der Waals surface area contributed by atoms with E-state index in [9.17, 15) is 19.5 Å². The second-order valence-electron chi connectivity index (χ2n) is 11.8. The Labute approximate surface area is 244 Å². The van der Waals surface area contributed by atoms with Gasteiger partial charge in [0, 0.05) is 16.6 Å². The molecule has 3 N–H and O–H groups in total. The highest BCUT2D eigenvalue weighted by atomic mass is 79.9. The van der Waals surface area contributed by atoms with Gasteiger partial charge in [-0.1, -0.05) is 55.5 Å². The summed E-state index contributed by atoms with van der Waals surface area (Å²) in [6.07, 6.45) is 5.75. The van der Waals surface area contributed by atoms with Gasteiger partial charge in [-0.3, -0.25) is 14.4 Å². The lowest BCUT2D eigenvalue weighted by Gasteiger charge is -2.39. The summed E-state index contributed by atoms with van der Waals surface area (Å²) < 4.78 is 12.1. The van der Waals surface area contributed by atoms with Gasteiger partial charge in [0.2, 0.25) is 17.7 Å². The van der Waals surface area contributed by atoms with Crippen LogP contribution >= 0.6 is 15.9 Å². The van der Waals surface area contributed by atoms with E-state index >= 15 is 0 Å². The van der Waals surface area contributed by atoms with E-state index in [4.69, 9.17) is 9.47 Å². The fourth-order valence-electron chi connectivity index (χ4n) is 7.39. The molecule has 3 amide bonds. The number of aliphatic hydroxyl groups is 1. The van der Waals surface area contributed by atoms with Crippen molar-refractivity contribution in [1.29, 1.82) is 0 Å². The van der Waals surface area contributed by atoms with Crippen molar-refractivity contribution in [3.63, 3.8) is 0 Å². The number of rotatable bonds is 10. The summed E-state index contributed by atoms with van der Waals surface area (Å²) in [4.78, 5) is 43.6. The molecule has 1 spiro atoms. The minimum atomic E-state index is -1.14. The third kappa shape index (κ3) is 5.04. The van der Waals surface area contributed by atoms with E-state index in [-0.39, 0.29) is 41.1 Å². The van der Waals surface area contributed by atoms with Gasteiger partial charge in [-0.25, -0.2) is 0 Å². The highest BCUT2D eigenvalue weighted by Gasteiger charge is 2.77. The summed E-state index contributed by atoms with van der Waals surface area (Å²) in [5.74, 6) is -1.75. The van der Waals surface area contributed by atoms with Crippen LogP contribution in [0.5, 0.6) is 5.75 Å². The predicted molar refractivity (Wildman–Crippen MR) is 154 cm³/mol. The number of benzene rings is 1. The minimum Gasteiger partial charge on any atom is -0.494 e. The third-order valence-corrected chi connectivity index (χ3v) is 10.4. The molecule has 220 valence electrons. The Bertz CT molecular complexity index is 1100. The Kier molecular flexibility index (Phi) is 8.78. The van der Waals surface area contributed by atoms with Crippen LogP contribution in [-0.4, -0.2) is 75.6 Å². The predicted octanol–water partition coefficient (Wildman–Crippen LogP) is 3.63. The second kappa shape index (κ2) is 12.0. The molecule has 3 aliphatic heterocycles. The van der Waals surface area contributed by atoms with Crippen LogP contribution in [0.15, 0.2) is 24.3 Å². The molecule has 1 saturated carbocycles. The van der Waals surface area contributed by atoms with E-state index in [0.29, 0.717) is 24.5 Å². The zero-order chi connectivity index (χ0) is 28.6. The number of ether oxygens (including phenoxy) is 2. The average molecular weight is 621 g/mol. The van der Waals surface area contributed by atoms with E-state index < -0.39 is 35.6 Å². The molecule has 1 aromatic rings. The lowest BCUT2D eigenvalue weighted by Crippen LogP contribution is -2.60. The number of nitrogens with zero attached hydrogens (tertiary/aromatic N) is 1. The number of aliphatic hydroxyl groups excluding tert-OH is 1. The van der Waals surface area contributed by atoms with Gasteiger partial charge in [-0.15, -0.1) is 0 Å². The molecule has 3 heterocycles. The SMILES string of the molecule is CCOc1ccc(NC(=O)[C@H]2[C@@H]3OC4(CC3Br)C(C(=O)NC3CCCCC3)N([C@@H](CO)[C@@H](C)CC)C(=O)[C@H]24)cc1.